The van der Waals surface area contributed by atoms with Crippen LogP contribution in [0.1, 0.15) is 50.7 Å². The summed E-state index contributed by atoms with van der Waals surface area (Å²) in [5, 5.41) is 3.53. The van der Waals surface area contributed by atoms with Crippen molar-refractivity contribution in [3.63, 3.8) is 0 Å². The van der Waals surface area contributed by atoms with Crippen molar-refractivity contribution in [1.82, 2.24) is 5.32 Å². The summed E-state index contributed by atoms with van der Waals surface area (Å²) >= 11 is 0. The second-order valence-electron chi connectivity index (χ2n) is 6.11. The van der Waals surface area contributed by atoms with Crippen LogP contribution in [0, 0.1) is 11.8 Å². The lowest BCUT2D eigenvalue weighted by atomic mass is 9.79. The Morgan fingerprint density at radius 3 is 2.89 bits per heavy atom. The third-order valence-electron chi connectivity index (χ3n) is 4.16. The van der Waals surface area contributed by atoms with E-state index in [1.807, 2.05) is 0 Å². The molecular formula is C17H27N. The Morgan fingerprint density at radius 2 is 2.17 bits per heavy atom. The summed E-state index contributed by atoms with van der Waals surface area (Å²) in [5.41, 5.74) is 3.08. The molecule has 0 spiro atoms. The van der Waals surface area contributed by atoms with Gasteiger partial charge in [0.05, 0.1) is 0 Å². The molecule has 0 radical (unpaired) electrons. The minimum atomic E-state index is 0.746. The summed E-state index contributed by atoms with van der Waals surface area (Å²) in [6, 6.07) is 9.33. The van der Waals surface area contributed by atoms with E-state index in [1.165, 1.54) is 37.9 Å². The Balaban J connectivity index is 2.15. The molecule has 1 heterocycles. The fourth-order valence-electron chi connectivity index (χ4n) is 3.21. The SMILES string of the molecule is CCC1CNCCC1c1cccc(CC(C)C)c1. The van der Waals surface area contributed by atoms with E-state index in [-0.39, 0.29) is 0 Å². The fourth-order valence-corrected chi connectivity index (χ4v) is 3.21. The molecule has 0 bridgehead atoms. The van der Waals surface area contributed by atoms with Gasteiger partial charge in [-0.25, -0.2) is 0 Å². The van der Waals surface area contributed by atoms with E-state index >= 15 is 0 Å². The van der Waals surface area contributed by atoms with Crippen molar-refractivity contribution >= 4 is 0 Å². The third kappa shape index (κ3) is 3.35. The van der Waals surface area contributed by atoms with Gasteiger partial charge in [-0.05, 0) is 54.8 Å². The average molecular weight is 245 g/mol. The molecule has 1 fully saturated rings. The highest BCUT2D eigenvalue weighted by Crippen LogP contribution is 2.32. The molecule has 0 aromatic heterocycles. The van der Waals surface area contributed by atoms with Crippen LogP contribution in [0.2, 0.25) is 0 Å². The first-order valence-electron chi connectivity index (χ1n) is 7.50. The number of hydrogen-bond acceptors (Lipinski definition) is 1. The van der Waals surface area contributed by atoms with E-state index in [2.05, 4.69) is 50.4 Å². The zero-order valence-electron chi connectivity index (χ0n) is 12.1. The molecule has 1 nitrogen and oxygen atoms in total. The zero-order valence-corrected chi connectivity index (χ0v) is 12.1. The van der Waals surface area contributed by atoms with Crippen molar-refractivity contribution in [1.29, 1.82) is 0 Å². The predicted octanol–water partition coefficient (Wildman–Crippen LogP) is 3.99. The molecule has 1 aliphatic rings. The monoisotopic (exact) mass is 245 g/mol. The van der Waals surface area contributed by atoms with Gasteiger partial charge in [-0.15, -0.1) is 0 Å². The summed E-state index contributed by atoms with van der Waals surface area (Å²) in [5.74, 6) is 2.33. The molecule has 100 valence electrons. The summed E-state index contributed by atoms with van der Waals surface area (Å²) in [7, 11) is 0. The molecule has 1 aromatic carbocycles. The Kier molecular flexibility index (Phi) is 4.82. The fraction of sp³-hybridized carbons (Fsp3) is 0.647. The molecule has 18 heavy (non-hydrogen) atoms. The molecule has 2 unspecified atom stereocenters. The van der Waals surface area contributed by atoms with Crippen LogP contribution < -0.4 is 5.32 Å². The summed E-state index contributed by atoms with van der Waals surface area (Å²) in [6.45, 7) is 9.28. The van der Waals surface area contributed by atoms with E-state index in [0.717, 1.165) is 17.8 Å². The van der Waals surface area contributed by atoms with Crippen molar-refractivity contribution in [2.75, 3.05) is 13.1 Å². The van der Waals surface area contributed by atoms with Gasteiger partial charge < -0.3 is 5.32 Å². The van der Waals surface area contributed by atoms with E-state index in [9.17, 15) is 0 Å². The van der Waals surface area contributed by atoms with Gasteiger partial charge in [-0.3, -0.25) is 0 Å². The molecule has 1 aliphatic heterocycles. The molecule has 1 N–H and O–H groups in total. The maximum absolute atomic E-state index is 3.53. The second kappa shape index (κ2) is 6.38. The van der Waals surface area contributed by atoms with E-state index in [1.54, 1.807) is 5.56 Å². The normalized spacial score (nSPS) is 24.4. The Morgan fingerprint density at radius 1 is 1.33 bits per heavy atom. The van der Waals surface area contributed by atoms with Gasteiger partial charge in [-0.1, -0.05) is 51.5 Å². The van der Waals surface area contributed by atoms with Crippen molar-refractivity contribution in [3.8, 4) is 0 Å². The molecule has 1 heteroatoms. The Labute approximate surface area is 112 Å². The van der Waals surface area contributed by atoms with Crippen LogP contribution in [0.25, 0.3) is 0 Å². The molecule has 1 aromatic rings. The highest BCUT2D eigenvalue weighted by molar-refractivity contribution is 5.27. The standard InChI is InChI=1S/C17H27N/c1-4-15-12-18-9-8-17(15)16-7-5-6-14(11-16)10-13(2)3/h5-7,11,13,15,17-18H,4,8-10,12H2,1-3H3. The number of nitrogens with one attached hydrogen (secondary N) is 1. The van der Waals surface area contributed by atoms with Crippen molar-refractivity contribution < 1.29 is 0 Å². The van der Waals surface area contributed by atoms with Crippen LogP contribution >= 0.6 is 0 Å². The third-order valence-corrected chi connectivity index (χ3v) is 4.16. The first-order valence-corrected chi connectivity index (χ1v) is 7.50. The van der Waals surface area contributed by atoms with Crippen LogP contribution in [0.4, 0.5) is 0 Å². The highest BCUT2D eigenvalue weighted by atomic mass is 14.9. The van der Waals surface area contributed by atoms with Crippen LogP contribution in [-0.4, -0.2) is 13.1 Å². The first kappa shape index (κ1) is 13.6. The molecular weight excluding hydrogens is 218 g/mol. The smallest absolute Gasteiger partial charge is 0.00148 e. The van der Waals surface area contributed by atoms with Gasteiger partial charge in [0.2, 0.25) is 0 Å². The largest absolute Gasteiger partial charge is 0.316 e. The number of rotatable bonds is 4. The van der Waals surface area contributed by atoms with Gasteiger partial charge in [0.15, 0.2) is 0 Å². The number of hydrogen-bond donors (Lipinski definition) is 1. The lowest BCUT2D eigenvalue weighted by Gasteiger charge is -2.32. The quantitative estimate of drug-likeness (QED) is 0.846. The minimum Gasteiger partial charge on any atom is -0.316 e. The molecule has 0 saturated carbocycles. The van der Waals surface area contributed by atoms with Gasteiger partial charge >= 0.3 is 0 Å². The van der Waals surface area contributed by atoms with Gasteiger partial charge in [0, 0.05) is 0 Å². The van der Waals surface area contributed by atoms with Crippen molar-refractivity contribution in [3.05, 3.63) is 35.4 Å². The number of benzene rings is 1. The summed E-state index contributed by atoms with van der Waals surface area (Å²) in [6.07, 6.45) is 3.78. The van der Waals surface area contributed by atoms with Gasteiger partial charge in [0.1, 0.15) is 0 Å². The summed E-state index contributed by atoms with van der Waals surface area (Å²) in [4.78, 5) is 0. The average Bonchev–Trinajstić information content (AvgIpc) is 2.38. The highest BCUT2D eigenvalue weighted by Gasteiger charge is 2.24. The van der Waals surface area contributed by atoms with E-state index < -0.39 is 0 Å². The molecule has 0 aliphatic carbocycles. The Hall–Kier alpha value is -0.820. The second-order valence-corrected chi connectivity index (χ2v) is 6.11. The zero-order chi connectivity index (χ0) is 13.0. The van der Waals surface area contributed by atoms with Gasteiger partial charge in [-0.2, -0.15) is 0 Å². The van der Waals surface area contributed by atoms with Crippen molar-refractivity contribution in [2.24, 2.45) is 11.8 Å². The maximum atomic E-state index is 3.53. The summed E-state index contributed by atoms with van der Waals surface area (Å²) < 4.78 is 0. The van der Waals surface area contributed by atoms with Gasteiger partial charge in [0.25, 0.3) is 0 Å². The van der Waals surface area contributed by atoms with E-state index in [0.29, 0.717) is 0 Å². The molecule has 2 rings (SSSR count). The Bertz CT molecular complexity index is 370. The maximum Gasteiger partial charge on any atom is -0.00148 e. The van der Waals surface area contributed by atoms with Crippen LogP contribution in [-0.2, 0) is 6.42 Å². The first-order chi connectivity index (χ1) is 8.70. The lowest BCUT2D eigenvalue weighted by molar-refractivity contribution is 0.318. The molecule has 1 saturated heterocycles. The van der Waals surface area contributed by atoms with Crippen LogP contribution in [0.3, 0.4) is 0 Å². The predicted molar refractivity (Wildman–Crippen MR) is 79.0 cm³/mol. The molecule has 2 atom stereocenters. The topological polar surface area (TPSA) is 12.0 Å². The number of piperidine rings is 1. The minimum absolute atomic E-state index is 0.746. The lowest BCUT2D eigenvalue weighted by Crippen LogP contribution is -2.35. The van der Waals surface area contributed by atoms with Crippen molar-refractivity contribution in [2.45, 2.75) is 46.0 Å². The van der Waals surface area contributed by atoms with E-state index in [4.69, 9.17) is 0 Å². The van der Waals surface area contributed by atoms with Crippen LogP contribution in [0.5, 0.6) is 0 Å². The molecule has 0 amide bonds. The van der Waals surface area contributed by atoms with Crippen LogP contribution in [0.15, 0.2) is 24.3 Å².